The van der Waals surface area contributed by atoms with E-state index in [4.69, 9.17) is 5.73 Å². The minimum atomic E-state index is -0.0116. The fourth-order valence-corrected chi connectivity index (χ4v) is 1.24. The maximum Gasteiger partial charge on any atom is 0.164 e. The number of hydrogen-bond acceptors (Lipinski definition) is 2. The van der Waals surface area contributed by atoms with E-state index in [1.807, 2.05) is 12.2 Å². The van der Waals surface area contributed by atoms with Crippen LogP contribution in [0.15, 0.2) is 24.3 Å². The zero-order valence-corrected chi connectivity index (χ0v) is 6.71. The molecule has 2 nitrogen and oxygen atoms in total. The number of carbonyl (C=O) groups excluding carboxylic acids is 1. The quantitative estimate of drug-likeness (QED) is 0.473. The molecule has 0 saturated carbocycles. The maximum absolute atomic E-state index is 11.3. The fourth-order valence-electron chi connectivity index (χ4n) is 1.24. The third-order valence-electron chi connectivity index (χ3n) is 1.87. The van der Waals surface area contributed by atoms with Crippen LogP contribution in [-0.4, -0.2) is 11.8 Å². The molecule has 1 aliphatic rings. The lowest BCUT2D eigenvalue weighted by atomic mass is 9.98. The Morgan fingerprint density at radius 2 is 2.27 bits per heavy atom. The van der Waals surface area contributed by atoms with Gasteiger partial charge in [-0.2, -0.15) is 0 Å². The van der Waals surface area contributed by atoms with E-state index in [0.717, 1.165) is 6.42 Å². The van der Waals surface area contributed by atoms with Crippen molar-refractivity contribution in [3.8, 4) is 0 Å². The normalized spacial score (nSPS) is 28.9. The first kappa shape index (κ1) is 8.21. The molecule has 2 heteroatoms. The average molecular weight is 151 g/mol. The van der Waals surface area contributed by atoms with Gasteiger partial charge < -0.3 is 5.73 Å². The van der Waals surface area contributed by atoms with E-state index in [2.05, 4.69) is 6.58 Å². The van der Waals surface area contributed by atoms with Crippen LogP contribution in [-0.2, 0) is 4.79 Å². The van der Waals surface area contributed by atoms with Crippen molar-refractivity contribution in [2.45, 2.75) is 19.4 Å². The standard InChI is InChI=1S/C9H13NO/c1-6(2)9(11)7-3-4-8(10)5-7/h3-4,7-8H,1,5,10H2,2H3. The van der Waals surface area contributed by atoms with Crippen LogP contribution in [0, 0.1) is 5.92 Å². The molecule has 0 amide bonds. The molecule has 0 aromatic carbocycles. The van der Waals surface area contributed by atoms with E-state index in [1.165, 1.54) is 0 Å². The molecule has 0 aromatic rings. The Bertz CT molecular complexity index is 218. The summed E-state index contributed by atoms with van der Waals surface area (Å²) in [4.78, 5) is 11.3. The summed E-state index contributed by atoms with van der Waals surface area (Å²) in [6, 6.07) is 0.0586. The Morgan fingerprint density at radius 1 is 1.64 bits per heavy atom. The van der Waals surface area contributed by atoms with Crippen molar-refractivity contribution >= 4 is 5.78 Å². The number of allylic oxidation sites excluding steroid dienone is 2. The van der Waals surface area contributed by atoms with E-state index >= 15 is 0 Å². The van der Waals surface area contributed by atoms with Gasteiger partial charge >= 0.3 is 0 Å². The number of Topliss-reactive ketones (excluding diaryl/α,β-unsaturated/α-hetero) is 1. The van der Waals surface area contributed by atoms with Crippen LogP contribution < -0.4 is 5.73 Å². The number of carbonyl (C=O) groups is 1. The predicted octanol–water partition coefficient (Wildman–Crippen LogP) is 1.03. The van der Waals surface area contributed by atoms with Crippen molar-refractivity contribution in [1.29, 1.82) is 0 Å². The van der Waals surface area contributed by atoms with Gasteiger partial charge in [-0.1, -0.05) is 18.7 Å². The second kappa shape index (κ2) is 3.01. The molecular weight excluding hydrogens is 138 g/mol. The molecule has 0 fully saturated rings. The summed E-state index contributed by atoms with van der Waals surface area (Å²) in [6.45, 7) is 5.34. The predicted molar refractivity (Wildman–Crippen MR) is 45.0 cm³/mol. The van der Waals surface area contributed by atoms with Crippen molar-refractivity contribution in [2.75, 3.05) is 0 Å². The Morgan fingerprint density at radius 3 is 2.64 bits per heavy atom. The van der Waals surface area contributed by atoms with Gasteiger partial charge in [-0.05, 0) is 18.9 Å². The summed E-state index contributed by atoms with van der Waals surface area (Å²) in [5.74, 6) is 0.108. The summed E-state index contributed by atoms with van der Waals surface area (Å²) in [7, 11) is 0. The molecule has 1 rings (SSSR count). The highest BCUT2D eigenvalue weighted by Crippen LogP contribution is 2.19. The molecular formula is C9H13NO. The van der Waals surface area contributed by atoms with Crippen molar-refractivity contribution < 1.29 is 4.79 Å². The summed E-state index contributed by atoms with van der Waals surface area (Å²) < 4.78 is 0. The van der Waals surface area contributed by atoms with Gasteiger partial charge in [0, 0.05) is 12.0 Å². The first-order valence-corrected chi connectivity index (χ1v) is 3.75. The SMILES string of the molecule is C=C(C)C(=O)C1C=CC(N)C1. The lowest BCUT2D eigenvalue weighted by Gasteiger charge is -2.06. The molecule has 0 aromatic heterocycles. The number of rotatable bonds is 2. The van der Waals surface area contributed by atoms with Crippen LogP contribution in [0.3, 0.4) is 0 Å². The van der Waals surface area contributed by atoms with Gasteiger partial charge in [0.2, 0.25) is 0 Å². The zero-order chi connectivity index (χ0) is 8.43. The molecule has 60 valence electrons. The maximum atomic E-state index is 11.3. The number of ketones is 1. The summed E-state index contributed by atoms with van der Waals surface area (Å²) >= 11 is 0. The van der Waals surface area contributed by atoms with E-state index in [9.17, 15) is 4.79 Å². The topological polar surface area (TPSA) is 43.1 Å². The van der Waals surface area contributed by atoms with Gasteiger partial charge in [0.1, 0.15) is 0 Å². The van der Waals surface area contributed by atoms with Crippen LogP contribution in [0.4, 0.5) is 0 Å². The van der Waals surface area contributed by atoms with Crippen LogP contribution in [0.25, 0.3) is 0 Å². The Hall–Kier alpha value is -0.890. The van der Waals surface area contributed by atoms with E-state index in [1.54, 1.807) is 6.92 Å². The molecule has 2 N–H and O–H groups in total. The van der Waals surface area contributed by atoms with Crippen LogP contribution in [0.1, 0.15) is 13.3 Å². The van der Waals surface area contributed by atoms with E-state index in [-0.39, 0.29) is 17.7 Å². The smallest absolute Gasteiger partial charge is 0.164 e. The Balaban J connectivity index is 2.58. The fraction of sp³-hybridized carbons (Fsp3) is 0.444. The molecule has 2 unspecified atom stereocenters. The van der Waals surface area contributed by atoms with Crippen molar-refractivity contribution in [3.05, 3.63) is 24.3 Å². The molecule has 0 bridgehead atoms. The van der Waals surface area contributed by atoms with Gasteiger partial charge in [0.25, 0.3) is 0 Å². The minimum absolute atomic E-state index is 0.0116. The summed E-state index contributed by atoms with van der Waals surface area (Å²) in [5, 5.41) is 0. The molecule has 1 aliphatic carbocycles. The highest BCUT2D eigenvalue weighted by Gasteiger charge is 2.22. The van der Waals surface area contributed by atoms with Crippen LogP contribution in [0.2, 0.25) is 0 Å². The molecule has 0 heterocycles. The third kappa shape index (κ3) is 1.77. The minimum Gasteiger partial charge on any atom is -0.324 e. The Labute approximate surface area is 66.8 Å². The number of nitrogens with two attached hydrogens (primary N) is 1. The molecule has 0 saturated heterocycles. The van der Waals surface area contributed by atoms with Gasteiger partial charge in [-0.3, -0.25) is 4.79 Å². The van der Waals surface area contributed by atoms with Gasteiger partial charge in [0.05, 0.1) is 0 Å². The second-order valence-electron chi connectivity index (χ2n) is 3.04. The van der Waals surface area contributed by atoms with Crippen molar-refractivity contribution in [2.24, 2.45) is 11.7 Å². The van der Waals surface area contributed by atoms with E-state index in [0.29, 0.717) is 5.57 Å². The highest BCUT2D eigenvalue weighted by atomic mass is 16.1. The van der Waals surface area contributed by atoms with Crippen LogP contribution >= 0.6 is 0 Å². The van der Waals surface area contributed by atoms with Crippen molar-refractivity contribution in [3.63, 3.8) is 0 Å². The van der Waals surface area contributed by atoms with Crippen LogP contribution in [0.5, 0.6) is 0 Å². The lowest BCUT2D eigenvalue weighted by Crippen LogP contribution is -2.19. The molecule has 2 atom stereocenters. The largest absolute Gasteiger partial charge is 0.324 e. The lowest BCUT2D eigenvalue weighted by molar-refractivity contribution is -0.117. The molecule has 0 spiro atoms. The number of hydrogen-bond donors (Lipinski definition) is 1. The van der Waals surface area contributed by atoms with Gasteiger partial charge in [-0.15, -0.1) is 0 Å². The van der Waals surface area contributed by atoms with Crippen molar-refractivity contribution in [1.82, 2.24) is 0 Å². The van der Waals surface area contributed by atoms with E-state index < -0.39 is 0 Å². The monoisotopic (exact) mass is 151 g/mol. The Kier molecular flexibility index (Phi) is 2.25. The summed E-state index contributed by atoms with van der Waals surface area (Å²) in [6.07, 6.45) is 4.50. The summed E-state index contributed by atoms with van der Waals surface area (Å²) in [5.41, 5.74) is 6.21. The first-order valence-electron chi connectivity index (χ1n) is 3.75. The zero-order valence-electron chi connectivity index (χ0n) is 6.71. The first-order chi connectivity index (χ1) is 5.11. The van der Waals surface area contributed by atoms with Gasteiger partial charge in [0.15, 0.2) is 5.78 Å². The highest BCUT2D eigenvalue weighted by molar-refractivity contribution is 5.97. The van der Waals surface area contributed by atoms with Gasteiger partial charge in [-0.25, -0.2) is 0 Å². The molecule has 0 radical (unpaired) electrons. The average Bonchev–Trinajstić information content (AvgIpc) is 2.34. The molecule has 0 aliphatic heterocycles. The second-order valence-corrected chi connectivity index (χ2v) is 3.04. The molecule has 11 heavy (non-hydrogen) atoms. The third-order valence-corrected chi connectivity index (χ3v) is 1.87.